The maximum absolute atomic E-state index is 12.8. The molecule has 3 atom stereocenters. The van der Waals surface area contributed by atoms with Crippen LogP contribution in [0.3, 0.4) is 0 Å². The second-order valence-corrected chi connectivity index (χ2v) is 7.76. The number of urea groups is 1. The Labute approximate surface area is 151 Å². The van der Waals surface area contributed by atoms with Crippen LogP contribution in [0.1, 0.15) is 78.6 Å². The lowest BCUT2D eigenvalue weighted by Crippen LogP contribution is -2.54. The first-order chi connectivity index (χ1) is 11.9. The van der Waals surface area contributed by atoms with Crippen molar-refractivity contribution in [2.45, 2.75) is 90.1 Å². The van der Waals surface area contributed by atoms with Gasteiger partial charge in [-0.15, -0.1) is 0 Å². The van der Waals surface area contributed by atoms with E-state index in [-0.39, 0.29) is 30.3 Å². The average Bonchev–Trinajstić information content (AvgIpc) is 2.79. The van der Waals surface area contributed by atoms with Crippen LogP contribution >= 0.6 is 0 Å². The number of unbranched alkanes of at least 4 members (excludes halogenated alkanes) is 3. The van der Waals surface area contributed by atoms with Gasteiger partial charge in [-0.05, 0) is 32.1 Å². The second kappa shape index (κ2) is 8.68. The van der Waals surface area contributed by atoms with Gasteiger partial charge in [-0.1, -0.05) is 52.4 Å². The molecule has 1 heterocycles. The Morgan fingerprint density at radius 1 is 1.32 bits per heavy atom. The Bertz CT molecular complexity index is 508. The third kappa shape index (κ3) is 4.53. The van der Waals surface area contributed by atoms with Crippen molar-refractivity contribution in [2.24, 2.45) is 5.92 Å². The highest BCUT2D eigenvalue weighted by Crippen LogP contribution is 2.38. The van der Waals surface area contributed by atoms with Crippen LogP contribution in [0.2, 0.25) is 0 Å². The predicted octanol–water partition coefficient (Wildman–Crippen LogP) is 2.96. The smallest absolute Gasteiger partial charge is 0.325 e. The van der Waals surface area contributed by atoms with Crippen LogP contribution < -0.4 is 10.6 Å². The summed E-state index contributed by atoms with van der Waals surface area (Å²) in [5.74, 6) is -0.370. The minimum Gasteiger partial charge on any atom is -0.352 e. The van der Waals surface area contributed by atoms with Gasteiger partial charge in [0.1, 0.15) is 12.1 Å². The maximum atomic E-state index is 12.8. The molecule has 6 heteroatoms. The molecule has 1 spiro atoms. The second-order valence-electron chi connectivity index (χ2n) is 7.76. The van der Waals surface area contributed by atoms with Gasteiger partial charge < -0.3 is 10.6 Å². The molecule has 1 saturated heterocycles. The predicted molar refractivity (Wildman–Crippen MR) is 97.0 cm³/mol. The Morgan fingerprint density at radius 2 is 2.08 bits per heavy atom. The zero-order valence-corrected chi connectivity index (χ0v) is 15.9. The van der Waals surface area contributed by atoms with Gasteiger partial charge >= 0.3 is 6.03 Å². The number of rotatable bonds is 8. The van der Waals surface area contributed by atoms with E-state index in [1.165, 1.54) is 19.3 Å². The van der Waals surface area contributed by atoms with E-state index >= 15 is 0 Å². The minimum absolute atomic E-state index is 0.0627. The van der Waals surface area contributed by atoms with E-state index in [0.29, 0.717) is 6.42 Å². The van der Waals surface area contributed by atoms with Gasteiger partial charge in [0.15, 0.2) is 0 Å². The highest BCUT2D eigenvalue weighted by molar-refractivity contribution is 6.09. The lowest BCUT2D eigenvalue weighted by atomic mass is 9.73. The lowest BCUT2D eigenvalue weighted by Gasteiger charge is -2.36. The molecule has 6 nitrogen and oxygen atoms in total. The fraction of sp³-hybridized carbons (Fsp3) is 0.842. The van der Waals surface area contributed by atoms with E-state index in [2.05, 4.69) is 17.6 Å². The van der Waals surface area contributed by atoms with Crippen molar-refractivity contribution in [1.29, 1.82) is 0 Å². The number of imide groups is 1. The van der Waals surface area contributed by atoms with Gasteiger partial charge in [-0.3, -0.25) is 14.5 Å². The van der Waals surface area contributed by atoms with Crippen molar-refractivity contribution in [2.75, 3.05) is 6.54 Å². The molecule has 2 N–H and O–H groups in total. The summed E-state index contributed by atoms with van der Waals surface area (Å²) in [7, 11) is 0. The number of nitrogens with zero attached hydrogens (tertiary/aromatic N) is 1. The third-order valence-electron chi connectivity index (χ3n) is 5.70. The van der Waals surface area contributed by atoms with E-state index in [0.717, 1.165) is 37.0 Å². The van der Waals surface area contributed by atoms with Crippen LogP contribution in [-0.4, -0.2) is 40.9 Å². The van der Waals surface area contributed by atoms with Crippen molar-refractivity contribution in [3.8, 4) is 0 Å². The van der Waals surface area contributed by atoms with Gasteiger partial charge in [0, 0.05) is 6.04 Å². The summed E-state index contributed by atoms with van der Waals surface area (Å²) in [5, 5.41) is 5.80. The van der Waals surface area contributed by atoms with Gasteiger partial charge in [0.2, 0.25) is 5.91 Å². The summed E-state index contributed by atoms with van der Waals surface area (Å²) >= 11 is 0. The summed E-state index contributed by atoms with van der Waals surface area (Å²) in [6.45, 7) is 5.97. The first kappa shape index (κ1) is 19.7. The molecule has 0 unspecified atom stereocenters. The molecule has 1 aliphatic heterocycles. The Hall–Kier alpha value is -1.59. The lowest BCUT2D eigenvalue weighted by molar-refractivity contribution is -0.137. The minimum atomic E-state index is -0.790. The quantitative estimate of drug-likeness (QED) is 0.521. The molecule has 142 valence electrons. The van der Waals surface area contributed by atoms with Gasteiger partial charge in [0.25, 0.3) is 5.91 Å². The first-order valence-electron chi connectivity index (χ1n) is 9.84. The molecule has 0 aromatic carbocycles. The normalized spacial score (nSPS) is 27.5. The first-order valence-corrected chi connectivity index (χ1v) is 9.84. The SMILES string of the molecule is CCCCCC[C@@H](C)NC(=O)CN1C(=O)N[C@@]2(CCCC[C@@H]2C)C1=O. The number of nitrogens with one attached hydrogen (secondary N) is 2. The number of hydrogen-bond donors (Lipinski definition) is 2. The molecule has 2 rings (SSSR count). The molecular weight excluding hydrogens is 318 g/mol. The van der Waals surface area contributed by atoms with Gasteiger partial charge in [0.05, 0.1) is 0 Å². The van der Waals surface area contributed by atoms with E-state index in [9.17, 15) is 14.4 Å². The van der Waals surface area contributed by atoms with Crippen molar-refractivity contribution in [1.82, 2.24) is 15.5 Å². The van der Waals surface area contributed by atoms with Crippen LogP contribution in [0, 0.1) is 5.92 Å². The Balaban J connectivity index is 1.86. The Kier molecular flexibility index (Phi) is 6.85. The molecular formula is C19H33N3O3. The zero-order valence-electron chi connectivity index (χ0n) is 15.9. The fourth-order valence-electron chi connectivity index (χ4n) is 4.05. The van der Waals surface area contributed by atoms with Crippen LogP contribution in [0.5, 0.6) is 0 Å². The number of carbonyl (C=O) groups excluding carboxylic acids is 3. The highest BCUT2D eigenvalue weighted by Gasteiger charge is 2.55. The molecule has 2 aliphatic rings. The summed E-state index contributed by atoms with van der Waals surface area (Å²) < 4.78 is 0. The van der Waals surface area contributed by atoms with Crippen LogP contribution in [0.15, 0.2) is 0 Å². The highest BCUT2D eigenvalue weighted by atomic mass is 16.2. The number of amides is 4. The summed E-state index contributed by atoms with van der Waals surface area (Å²) in [6.07, 6.45) is 9.20. The summed E-state index contributed by atoms with van der Waals surface area (Å²) in [5.41, 5.74) is -0.790. The fourth-order valence-corrected chi connectivity index (χ4v) is 4.05. The summed E-state index contributed by atoms with van der Waals surface area (Å²) in [4.78, 5) is 38.5. The number of carbonyl (C=O) groups is 3. The van der Waals surface area contributed by atoms with Crippen LogP contribution in [0.4, 0.5) is 4.79 Å². The van der Waals surface area contributed by atoms with E-state index in [4.69, 9.17) is 0 Å². The molecule has 0 aromatic rings. The molecule has 4 amide bonds. The zero-order chi connectivity index (χ0) is 18.4. The number of hydrogen-bond acceptors (Lipinski definition) is 3. The molecule has 2 fully saturated rings. The Morgan fingerprint density at radius 3 is 2.76 bits per heavy atom. The molecule has 1 aliphatic carbocycles. The monoisotopic (exact) mass is 351 g/mol. The van der Waals surface area contributed by atoms with E-state index in [1.54, 1.807) is 0 Å². The van der Waals surface area contributed by atoms with Crippen LogP contribution in [0.25, 0.3) is 0 Å². The van der Waals surface area contributed by atoms with E-state index in [1.807, 2.05) is 13.8 Å². The van der Waals surface area contributed by atoms with Crippen molar-refractivity contribution in [3.05, 3.63) is 0 Å². The molecule has 0 bridgehead atoms. The molecule has 1 saturated carbocycles. The topological polar surface area (TPSA) is 78.5 Å². The van der Waals surface area contributed by atoms with Crippen molar-refractivity contribution in [3.63, 3.8) is 0 Å². The van der Waals surface area contributed by atoms with Crippen molar-refractivity contribution < 1.29 is 14.4 Å². The van der Waals surface area contributed by atoms with Crippen molar-refractivity contribution >= 4 is 17.8 Å². The summed E-state index contributed by atoms with van der Waals surface area (Å²) in [6, 6.07) is -0.364. The standard InChI is InChI=1S/C19H33N3O3/c1-4-5-6-7-11-15(3)20-16(23)13-22-17(24)19(21-18(22)25)12-9-8-10-14(19)2/h14-15H,4-13H2,1-3H3,(H,20,23)(H,21,25)/t14-,15+,19+/m0/s1. The molecule has 25 heavy (non-hydrogen) atoms. The van der Waals surface area contributed by atoms with Gasteiger partial charge in [-0.25, -0.2) is 4.79 Å². The molecule has 0 aromatic heterocycles. The third-order valence-corrected chi connectivity index (χ3v) is 5.70. The van der Waals surface area contributed by atoms with Gasteiger partial charge in [-0.2, -0.15) is 0 Å². The van der Waals surface area contributed by atoms with E-state index < -0.39 is 11.6 Å². The maximum Gasteiger partial charge on any atom is 0.325 e. The largest absolute Gasteiger partial charge is 0.352 e. The average molecular weight is 351 g/mol. The molecule has 0 radical (unpaired) electrons. The van der Waals surface area contributed by atoms with Crippen LogP contribution in [-0.2, 0) is 9.59 Å².